The van der Waals surface area contributed by atoms with E-state index in [0.717, 1.165) is 12.1 Å². The van der Waals surface area contributed by atoms with Gasteiger partial charge in [0.05, 0.1) is 10.6 Å². The highest BCUT2D eigenvalue weighted by Crippen LogP contribution is 2.36. The van der Waals surface area contributed by atoms with E-state index >= 15 is 0 Å². The Labute approximate surface area is 178 Å². The van der Waals surface area contributed by atoms with E-state index in [1.807, 2.05) is 0 Å². The lowest BCUT2D eigenvalue weighted by atomic mass is 10.1. The highest BCUT2D eigenvalue weighted by atomic mass is 35.5. The molecule has 0 atom stereocenters. The van der Waals surface area contributed by atoms with Gasteiger partial charge >= 0.3 is 12.1 Å². The number of benzene rings is 2. The van der Waals surface area contributed by atoms with Crippen LogP contribution in [0.5, 0.6) is 11.5 Å². The lowest BCUT2D eigenvalue weighted by Crippen LogP contribution is -2.21. The molecular formula is C20H12ClF3N2O5. The molecule has 0 radical (unpaired) electrons. The van der Waals surface area contributed by atoms with Crippen molar-refractivity contribution in [1.29, 1.82) is 5.26 Å². The van der Waals surface area contributed by atoms with Crippen molar-refractivity contribution in [3.8, 4) is 17.6 Å². The molecule has 1 amide bonds. The standard InChI is InChI=1S/C20H12ClF3N2O5/c21-15-3-2-13(7-14(15)20(22,23)24)26-18(27)9-29-19(28)12(8-25)5-11-1-4-16-17(6-11)31-10-30-16/h1-7H,9-10H2,(H,26,27). The predicted octanol–water partition coefficient (Wildman–Crippen LogP) is 4.18. The summed E-state index contributed by atoms with van der Waals surface area (Å²) >= 11 is 5.51. The van der Waals surface area contributed by atoms with Crippen molar-refractivity contribution in [2.24, 2.45) is 0 Å². The zero-order valence-corrected chi connectivity index (χ0v) is 16.2. The van der Waals surface area contributed by atoms with Gasteiger partial charge in [-0.2, -0.15) is 18.4 Å². The summed E-state index contributed by atoms with van der Waals surface area (Å²) in [6.07, 6.45) is -3.47. The summed E-state index contributed by atoms with van der Waals surface area (Å²) in [5.74, 6) is -1.02. The van der Waals surface area contributed by atoms with E-state index < -0.39 is 40.8 Å². The maximum absolute atomic E-state index is 12.9. The molecule has 31 heavy (non-hydrogen) atoms. The molecule has 160 valence electrons. The number of hydrogen-bond donors (Lipinski definition) is 1. The molecule has 2 aromatic carbocycles. The van der Waals surface area contributed by atoms with E-state index in [1.165, 1.54) is 6.08 Å². The number of nitriles is 1. The first-order chi connectivity index (χ1) is 14.7. The van der Waals surface area contributed by atoms with Crippen LogP contribution in [0.15, 0.2) is 42.0 Å². The molecule has 1 heterocycles. The molecule has 1 aliphatic rings. The molecule has 0 saturated carbocycles. The van der Waals surface area contributed by atoms with Crippen LogP contribution < -0.4 is 14.8 Å². The van der Waals surface area contributed by atoms with Gasteiger partial charge in [-0.05, 0) is 42.0 Å². The summed E-state index contributed by atoms with van der Waals surface area (Å²) in [6.45, 7) is -0.758. The number of esters is 1. The number of alkyl halides is 3. The number of ether oxygens (including phenoxy) is 3. The first-order valence-electron chi connectivity index (χ1n) is 8.52. The summed E-state index contributed by atoms with van der Waals surface area (Å²) in [6, 6.07) is 9.21. The van der Waals surface area contributed by atoms with E-state index in [4.69, 9.17) is 25.8 Å². The fourth-order valence-corrected chi connectivity index (χ4v) is 2.76. The molecule has 1 N–H and O–H groups in total. The minimum Gasteiger partial charge on any atom is -0.454 e. The van der Waals surface area contributed by atoms with E-state index in [0.29, 0.717) is 23.1 Å². The Bertz CT molecular complexity index is 1110. The van der Waals surface area contributed by atoms with Crippen molar-refractivity contribution in [3.63, 3.8) is 0 Å². The van der Waals surface area contributed by atoms with E-state index in [9.17, 15) is 28.0 Å². The van der Waals surface area contributed by atoms with Crippen molar-refractivity contribution in [3.05, 3.63) is 58.1 Å². The van der Waals surface area contributed by atoms with Gasteiger partial charge in [0.15, 0.2) is 18.1 Å². The second-order valence-electron chi connectivity index (χ2n) is 6.10. The summed E-state index contributed by atoms with van der Waals surface area (Å²) < 4.78 is 53.8. The summed E-state index contributed by atoms with van der Waals surface area (Å²) in [4.78, 5) is 24.0. The third kappa shape index (κ3) is 5.46. The normalized spacial score (nSPS) is 12.8. The minimum absolute atomic E-state index is 0.0584. The van der Waals surface area contributed by atoms with Crippen molar-refractivity contribution in [2.45, 2.75) is 6.18 Å². The first-order valence-corrected chi connectivity index (χ1v) is 8.90. The number of hydrogen-bond acceptors (Lipinski definition) is 6. The summed E-state index contributed by atoms with van der Waals surface area (Å²) in [7, 11) is 0. The number of amides is 1. The Morgan fingerprint density at radius 2 is 1.94 bits per heavy atom. The average molecular weight is 453 g/mol. The molecular weight excluding hydrogens is 441 g/mol. The Kier molecular flexibility index (Phi) is 6.36. The third-order valence-electron chi connectivity index (χ3n) is 3.94. The zero-order valence-electron chi connectivity index (χ0n) is 15.5. The zero-order chi connectivity index (χ0) is 22.6. The van der Waals surface area contributed by atoms with Crippen LogP contribution in [-0.2, 0) is 20.5 Å². The van der Waals surface area contributed by atoms with Crippen molar-refractivity contribution >= 4 is 35.2 Å². The Morgan fingerprint density at radius 3 is 2.65 bits per heavy atom. The van der Waals surface area contributed by atoms with Crippen LogP contribution in [0.1, 0.15) is 11.1 Å². The molecule has 0 aromatic heterocycles. The number of halogens is 4. The summed E-state index contributed by atoms with van der Waals surface area (Å²) in [5, 5.41) is 10.8. The maximum atomic E-state index is 12.9. The van der Waals surface area contributed by atoms with Gasteiger partial charge in [0.25, 0.3) is 5.91 Å². The van der Waals surface area contributed by atoms with Crippen molar-refractivity contribution < 1.29 is 37.0 Å². The smallest absolute Gasteiger partial charge is 0.417 e. The van der Waals surface area contributed by atoms with Crippen LogP contribution >= 0.6 is 11.6 Å². The Balaban J connectivity index is 1.62. The van der Waals surface area contributed by atoms with Crippen molar-refractivity contribution in [2.75, 3.05) is 18.7 Å². The monoisotopic (exact) mass is 452 g/mol. The van der Waals surface area contributed by atoms with Crippen LogP contribution in [0.2, 0.25) is 5.02 Å². The average Bonchev–Trinajstić information content (AvgIpc) is 3.18. The summed E-state index contributed by atoms with van der Waals surface area (Å²) in [5.41, 5.74) is -1.24. The van der Waals surface area contributed by atoms with Gasteiger partial charge in [-0.15, -0.1) is 0 Å². The lowest BCUT2D eigenvalue weighted by molar-refractivity contribution is -0.142. The number of nitrogens with one attached hydrogen (secondary N) is 1. The molecule has 11 heteroatoms. The van der Waals surface area contributed by atoms with Gasteiger partial charge in [-0.3, -0.25) is 4.79 Å². The number of carbonyl (C=O) groups is 2. The molecule has 0 spiro atoms. The molecule has 0 saturated heterocycles. The Hall–Kier alpha value is -3.71. The molecule has 0 fully saturated rings. The second-order valence-corrected chi connectivity index (χ2v) is 6.51. The van der Waals surface area contributed by atoms with Gasteiger partial charge in [0, 0.05) is 5.69 Å². The number of nitrogens with zero attached hydrogens (tertiary/aromatic N) is 1. The van der Waals surface area contributed by atoms with Crippen LogP contribution in [-0.4, -0.2) is 25.3 Å². The van der Waals surface area contributed by atoms with E-state index in [-0.39, 0.29) is 12.5 Å². The minimum atomic E-state index is -4.70. The van der Waals surface area contributed by atoms with Gasteiger partial charge < -0.3 is 19.5 Å². The van der Waals surface area contributed by atoms with Crippen LogP contribution in [0.4, 0.5) is 18.9 Å². The highest BCUT2D eigenvalue weighted by Gasteiger charge is 2.33. The van der Waals surface area contributed by atoms with Gasteiger partial charge in [-0.1, -0.05) is 17.7 Å². The molecule has 0 bridgehead atoms. The number of anilines is 1. The van der Waals surface area contributed by atoms with Gasteiger partial charge in [0.2, 0.25) is 6.79 Å². The highest BCUT2D eigenvalue weighted by molar-refractivity contribution is 6.31. The van der Waals surface area contributed by atoms with Crippen LogP contribution in [0.3, 0.4) is 0 Å². The molecule has 0 unspecified atom stereocenters. The fraction of sp³-hybridized carbons (Fsp3) is 0.150. The topological polar surface area (TPSA) is 97.7 Å². The molecule has 3 rings (SSSR count). The van der Waals surface area contributed by atoms with E-state index in [1.54, 1.807) is 24.3 Å². The Morgan fingerprint density at radius 1 is 1.19 bits per heavy atom. The van der Waals surface area contributed by atoms with E-state index in [2.05, 4.69) is 5.32 Å². The molecule has 7 nitrogen and oxygen atoms in total. The molecule has 1 aliphatic heterocycles. The van der Waals surface area contributed by atoms with Crippen LogP contribution in [0, 0.1) is 11.3 Å². The second kappa shape index (κ2) is 8.97. The van der Waals surface area contributed by atoms with Crippen LogP contribution in [0.25, 0.3) is 6.08 Å². The fourth-order valence-electron chi connectivity index (χ4n) is 2.53. The third-order valence-corrected chi connectivity index (χ3v) is 4.27. The van der Waals surface area contributed by atoms with Crippen molar-refractivity contribution in [1.82, 2.24) is 0 Å². The van der Waals surface area contributed by atoms with Gasteiger partial charge in [-0.25, -0.2) is 4.79 Å². The first kappa shape index (κ1) is 22.0. The number of fused-ring (bicyclic) bond motifs is 1. The number of rotatable bonds is 5. The largest absolute Gasteiger partial charge is 0.454 e. The predicted molar refractivity (Wildman–Crippen MR) is 102 cm³/mol. The number of carbonyl (C=O) groups excluding carboxylic acids is 2. The van der Waals surface area contributed by atoms with Gasteiger partial charge in [0.1, 0.15) is 11.6 Å². The lowest BCUT2D eigenvalue weighted by Gasteiger charge is -2.12. The maximum Gasteiger partial charge on any atom is 0.417 e. The molecule has 2 aromatic rings. The quantitative estimate of drug-likeness (QED) is 0.415. The molecule has 0 aliphatic carbocycles. The SMILES string of the molecule is N#CC(=Cc1ccc2c(c1)OCO2)C(=O)OCC(=O)Nc1ccc(Cl)c(C(F)(F)F)c1.